The van der Waals surface area contributed by atoms with Gasteiger partial charge in [-0.2, -0.15) is 0 Å². The molecule has 1 heterocycles. The number of rotatable bonds is 4. The SMILES string of the molecule is CCCNCC(=O)N1CCNC(=O)CC1. The van der Waals surface area contributed by atoms with Gasteiger partial charge in [-0.1, -0.05) is 6.92 Å². The Bertz CT molecular complexity index is 231. The molecule has 2 amide bonds. The average Bonchev–Trinajstić information content (AvgIpc) is 2.43. The molecule has 0 unspecified atom stereocenters. The quantitative estimate of drug-likeness (QED) is 0.609. The first-order chi connectivity index (χ1) is 7.24. The van der Waals surface area contributed by atoms with E-state index >= 15 is 0 Å². The fraction of sp³-hybridized carbons (Fsp3) is 0.800. The summed E-state index contributed by atoms with van der Waals surface area (Å²) in [4.78, 5) is 24.4. The minimum absolute atomic E-state index is 0.0341. The van der Waals surface area contributed by atoms with E-state index in [-0.39, 0.29) is 11.8 Å². The second-order valence-corrected chi connectivity index (χ2v) is 3.66. The smallest absolute Gasteiger partial charge is 0.236 e. The molecule has 5 heteroatoms. The van der Waals surface area contributed by atoms with E-state index in [1.807, 2.05) is 0 Å². The zero-order valence-corrected chi connectivity index (χ0v) is 9.21. The summed E-state index contributed by atoms with van der Waals surface area (Å²) in [7, 11) is 0. The first kappa shape index (κ1) is 12.0. The lowest BCUT2D eigenvalue weighted by Gasteiger charge is -2.19. The molecule has 0 aromatic heterocycles. The molecule has 0 aromatic rings. The Morgan fingerprint density at radius 2 is 2.33 bits per heavy atom. The lowest BCUT2D eigenvalue weighted by Crippen LogP contribution is -2.40. The molecule has 0 atom stereocenters. The van der Waals surface area contributed by atoms with Gasteiger partial charge in [-0.3, -0.25) is 9.59 Å². The van der Waals surface area contributed by atoms with E-state index in [0.717, 1.165) is 13.0 Å². The Labute approximate surface area is 90.2 Å². The summed E-state index contributed by atoms with van der Waals surface area (Å²) in [6.07, 6.45) is 1.44. The minimum atomic E-state index is 0.0341. The Hall–Kier alpha value is -1.10. The molecule has 0 spiro atoms. The molecular weight excluding hydrogens is 194 g/mol. The molecule has 1 aliphatic rings. The molecule has 1 saturated heterocycles. The van der Waals surface area contributed by atoms with Gasteiger partial charge in [0.1, 0.15) is 0 Å². The fourth-order valence-corrected chi connectivity index (χ4v) is 1.50. The van der Waals surface area contributed by atoms with Gasteiger partial charge >= 0.3 is 0 Å². The standard InChI is InChI=1S/C10H19N3O2/c1-2-4-11-8-10(15)13-6-3-9(14)12-5-7-13/h11H,2-8H2,1H3,(H,12,14). The topological polar surface area (TPSA) is 61.4 Å². The molecule has 2 N–H and O–H groups in total. The summed E-state index contributed by atoms with van der Waals surface area (Å²) in [5.74, 6) is 0.117. The van der Waals surface area contributed by atoms with Crippen molar-refractivity contribution in [1.29, 1.82) is 0 Å². The number of carbonyl (C=O) groups is 2. The van der Waals surface area contributed by atoms with Gasteiger partial charge in [0.15, 0.2) is 0 Å². The third-order valence-electron chi connectivity index (χ3n) is 2.37. The van der Waals surface area contributed by atoms with Gasteiger partial charge in [-0.05, 0) is 13.0 Å². The van der Waals surface area contributed by atoms with Crippen LogP contribution in [0.4, 0.5) is 0 Å². The van der Waals surface area contributed by atoms with E-state index in [1.165, 1.54) is 0 Å². The average molecular weight is 213 g/mol. The molecule has 1 rings (SSSR count). The van der Waals surface area contributed by atoms with E-state index in [2.05, 4.69) is 17.6 Å². The van der Waals surface area contributed by atoms with Crippen LogP contribution in [0.1, 0.15) is 19.8 Å². The van der Waals surface area contributed by atoms with Crippen LogP contribution in [0.15, 0.2) is 0 Å². The second-order valence-electron chi connectivity index (χ2n) is 3.66. The van der Waals surface area contributed by atoms with Crippen LogP contribution in [0, 0.1) is 0 Å². The van der Waals surface area contributed by atoms with Crippen LogP contribution in [-0.4, -0.2) is 49.4 Å². The van der Waals surface area contributed by atoms with Gasteiger partial charge < -0.3 is 15.5 Å². The zero-order chi connectivity index (χ0) is 11.1. The maximum Gasteiger partial charge on any atom is 0.236 e. The van der Waals surface area contributed by atoms with Gasteiger partial charge in [-0.15, -0.1) is 0 Å². The van der Waals surface area contributed by atoms with Gasteiger partial charge in [0.25, 0.3) is 0 Å². The molecule has 0 saturated carbocycles. The molecule has 1 aliphatic heterocycles. The van der Waals surface area contributed by atoms with Crippen molar-refractivity contribution < 1.29 is 9.59 Å². The van der Waals surface area contributed by atoms with Gasteiger partial charge in [0.05, 0.1) is 6.54 Å². The monoisotopic (exact) mass is 213 g/mol. The Morgan fingerprint density at radius 3 is 3.07 bits per heavy atom. The molecule has 86 valence electrons. The van der Waals surface area contributed by atoms with E-state index < -0.39 is 0 Å². The highest BCUT2D eigenvalue weighted by Crippen LogP contribution is 1.96. The normalized spacial score (nSPS) is 17.1. The summed E-state index contributed by atoms with van der Waals surface area (Å²) in [6.45, 7) is 5.03. The van der Waals surface area contributed by atoms with Gasteiger partial charge in [0, 0.05) is 26.1 Å². The van der Waals surface area contributed by atoms with Crippen LogP contribution in [0.5, 0.6) is 0 Å². The molecule has 1 fully saturated rings. The Kier molecular flexibility index (Phi) is 5.10. The predicted octanol–water partition coefficient (Wildman–Crippen LogP) is -0.665. The van der Waals surface area contributed by atoms with Crippen LogP contribution in [0.2, 0.25) is 0 Å². The third kappa shape index (κ3) is 4.29. The van der Waals surface area contributed by atoms with E-state index in [1.54, 1.807) is 4.90 Å². The maximum absolute atomic E-state index is 11.7. The Balaban J connectivity index is 2.28. The van der Waals surface area contributed by atoms with Crippen LogP contribution < -0.4 is 10.6 Å². The molecule has 0 bridgehead atoms. The number of hydrogen-bond donors (Lipinski definition) is 2. The van der Waals surface area contributed by atoms with Crippen molar-refractivity contribution in [1.82, 2.24) is 15.5 Å². The highest BCUT2D eigenvalue weighted by molar-refractivity contribution is 5.81. The summed E-state index contributed by atoms with van der Waals surface area (Å²) >= 11 is 0. The van der Waals surface area contributed by atoms with Gasteiger partial charge in [0.2, 0.25) is 11.8 Å². The van der Waals surface area contributed by atoms with E-state index in [0.29, 0.717) is 32.6 Å². The molecule has 0 aliphatic carbocycles. The van der Waals surface area contributed by atoms with Crippen molar-refractivity contribution >= 4 is 11.8 Å². The van der Waals surface area contributed by atoms with Gasteiger partial charge in [-0.25, -0.2) is 0 Å². The van der Waals surface area contributed by atoms with Crippen molar-refractivity contribution in [3.05, 3.63) is 0 Å². The number of carbonyl (C=O) groups excluding carboxylic acids is 2. The zero-order valence-electron chi connectivity index (χ0n) is 9.21. The summed E-state index contributed by atoms with van der Waals surface area (Å²) in [5.41, 5.74) is 0. The Morgan fingerprint density at radius 1 is 1.53 bits per heavy atom. The highest BCUT2D eigenvalue weighted by Gasteiger charge is 2.17. The van der Waals surface area contributed by atoms with E-state index in [9.17, 15) is 9.59 Å². The first-order valence-electron chi connectivity index (χ1n) is 5.49. The molecule has 5 nitrogen and oxygen atoms in total. The third-order valence-corrected chi connectivity index (χ3v) is 2.37. The highest BCUT2D eigenvalue weighted by atomic mass is 16.2. The fourth-order valence-electron chi connectivity index (χ4n) is 1.50. The largest absolute Gasteiger partial charge is 0.354 e. The van der Waals surface area contributed by atoms with Crippen molar-refractivity contribution in [2.24, 2.45) is 0 Å². The van der Waals surface area contributed by atoms with Crippen molar-refractivity contribution in [2.75, 3.05) is 32.7 Å². The summed E-state index contributed by atoms with van der Waals surface area (Å²) in [6, 6.07) is 0. The lowest BCUT2D eigenvalue weighted by molar-refractivity contribution is -0.130. The minimum Gasteiger partial charge on any atom is -0.354 e. The number of nitrogens with one attached hydrogen (secondary N) is 2. The molecule has 0 radical (unpaired) electrons. The number of amides is 2. The lowest BCUT2D eigenvalue weighted by atomic mass is 10.3. The first-order valence-corrected chi connectivity index (χ1v) is 5.49. The summed E-state index contributed by atoms with van der Waals surface area (Å²) in [5, 5.41) is 5.81. The van der Waals surface area contributed by atoms with Crippen LogP contribution in [-0.2, 0) is 9.59 Å². The molecular formula is C10H19N3O2. The van der Waals surface area contributed by atoms with Crippen molar-refractivity contribution in [2.45, 2.75) is 19.8 Å². The van der Waals surface area contributed by atoms with E-state index in [4.69, 9.17) is 0 Å². The van der Waals surface area contributed by atoms with Crippen LogP contribution in [0.25, 0.3) is 0 Å². The van der Waals surface area contributed by atoms with Crippen molar-refractivity contribution in [3.8, 4) is 0 Å². The maximum atomic E-state index is 11.7. The van der Waals surface area contributed by atoms with Crippen LogP contribution in [0.3, 0.4) is 0 Å². The molecule has 15 heavy (non-hydrogen) atoms. The van der Waals surface area contributed by atoms with Crippen LogP contribution >= 0.6 is 0 Å². The second kappa shape index (κ2) is 6.40. The number of nitrogens with zero attached hydrogens (tertiary/aromatic N) is 1. The molecule has 0 aromatic carbocycles. The number of hydrogen-bond acceptors (Lipinski definition) is 3. The predicted molar refractivity (Wildman–Crippen MR) is 57.4 cm³/mol. The summed E-state index contributed by atoms with van der Waals surface area (Å²) < 4.78 is 0. The van der Waals surface area contributed by atoms with Crippen molar-refractivity contribution in [3.63, 3.8) is 0 Å².